The molecule has 2 aliphatic rings. The molecule has 3 nitrogen and oxygen atoms in total. The fourth-order valence-corrected chi connectivity index (χ4v) is 4.30. The fraction of sp³-hybridized carbons (Fsp3) is 0.571. The second kappa shape index (κ2) is 5.51. The third-order valence-corrected chi connectivity index (χ3v) is 4.97. The molecule has 3 rings (SSSR count). The summed E-state index contributed by atoms with van der Waals surface area (Å²) in [4.78, 5) is 2.59. The van der Waals surface area contributed by atoms with Crippen LogP contribution in [0.15, 0.2) is 16.6 Å². The van der Waals surface area contributed by atoms with Crippen LogP contribution in [0.2, 0.25) is 5.02 Å². The summed E-state index contributed by atoms with van der Waals surface area (Å²) in [6.45, 7) is 2.45. The average molecular weight is 346 g/mol. The molecule has 1 aromatic carbocycles. The molecule has 2 saturated heterocycles. The minimum absolute atomic E-state index is 0.502. The zero-order valence-electron chi connectivity index (χ0n) is 11.0. The maximum atomic E-state index is 6.14. The van der Waals surface area contributed by atoms with Gasteiger partial charge in [0.1, 0.15) is 0 Å². The highest BCUT2D eigenvalue weighted by Gasteiger charge is 2.37. The van der Waals surface area contributed by atoms with E-state index in [9.17, 15) is 0 Å². The summed E-state index contributed by atoms with van der Waals surface area (Å²) >= 11 is 9.64. The number of rotatable bonds is 3. The van der Waals surface area contributed by atoms with Crippen molar-refractivity contribution in [3.05, 3.63) is 21.6 Å². The van der Waals surface area contributed by atoms with E-state index in [1.165, 1.54) is 32.4 Å². The predicted molar refractivity (Wildman–Crippen MR) is 82.3 cm³/mol. The fourth-order valence-electron chi connectivity index (χ4n) is 3.33. The number of anilines is 1. The van der Waals surface area contributed by atoms with Gasteiger partial charge in [0.15, 0.2) is 5.75 Å². The van der Waals surface area contributed by atoms with Crippen LogP contribution in [-0.4, -0.2) is 37.2 Å². The van der Waals surface area contributed by atoms with E-state index in [0.717, 1.165) is 20.9 Å². The van der Waals surface area contributed by atoms with Crippen molar-refractivity contribution in [1.82, 2.24) is 4.90 Å². The van der Waals surface area contributed by atoms with E-state index < -0.39 is 0 Å². The highest BCUT2D eigenvalue weighted by molar-refractivity contribution is 9.10. The van der Waals surface area contributed by atoms with Gasteiger partial charge in [-0.1, -0.05) is 11.6 Å². The van der Waals surface area contributed by atoms with Gasteiger partial charge in [0.05, 0.1) is 17.3 Å². The maximum Gasteiger partial charge on any atom is 0.156 e. The summed E-state index contributed by atoms with van der Waals surface area (Å²) in [5.41, 5.74) is 0.987. The van der Waals surface area contributed by atoms with Crippen LogP contribution in [0.5, 0.6) is 5.75 Å². The molecule has 0 spiro atoms. The van der Waals surface area contributed by atoms with Crippen LogP contribution in [0.4, 0.5) is 5.69 Å². The zero-order valence-corrected chi connectivity index (χ0v) is 13.3. The highest BCUT2D eigenvalue weighted by atomic mass is 79.9. The van der Waals surface area contributed by atoms with Crippen LogP contribution in [0.25, 0.3) is 0 Å². The van der Waals surface area contributed by atoms with Crippen molar-refractivity contribution in [3.63, 3.8) is 0 Å². The van der Waals surface area contributed by atoms with Gasteiger partial charge in [0.25, 0.3) is 0 Å². The topological polar surface area (TPSA) is 24.5 Å². The molecule has 19 heavy (non-hydrogen) atoms. The molecular weight excluding hydrogens is 328 g/mol. The molecule has 2 unspecified atom stereocenters. The summed E-state index contributed by atoms with van der Waals surface area (Å²) in [6, 6.07) is 4.98. The molecule has 0 saturated carbocycles. The molecule has 2 heterocycles. The van der Waals surface area contributed by atoms with E-state index >= 15 is 0 Å². The Morgan fingerprint density at radius 3 is 3.00 bits per heavy atom. The van der Waals surface area contributed by atoms with Crippen LogP contribution in [0.3, 0.4) is 0 Å². The zero-order chi connectivity index (χ0) is 13.4. The molecule has 0 bridgehead atoms. The van der Waals surface area contributed by atoms with Crippen LogP contribution in [0, 0.1) is 0 Å². The number of ether oxygens (including phenoxy) is 1. The number of hydrogen-bond donors (Lipinski definition) is 1. The van der Waals surface area contributed by atoms with Gasteiger partial charge < -0.3 is 10.1 Å². The monoisotopic (exact) mass is 344 g/mol. The van der Waals surface area contributed by atoms with Crippen molar-refractivity contribution in [1.29, 1.82) is 0 Å². The Kier molecular flexibility index (Phi) is 3.92. The van der Waals surface area contributed by atoms with Crippen molar-refractivity contribution in [2.45, 2.75) is 31.3 Å². The van der Waals surface area contributed by atoms with E-state index in [0.29, 0.717) is 12.1 Å². The van der Waals surface area contributed by atoms with Crippen molar-refractivity contribution in [2.24, 2.45) is 0 Å². The van der Waals surface area contributed by atoms with Gasteiger partial charge in [-0.05, 0) is 53.9 Å². The summed E-state index contributed by atoms with van der Waals surface area (Å²) in [7, 11) is 1.69. The molecule has 0 amide bonds. The molecule has 1 aromatic rings. The van der Waals surface area contributed by atoms with Gasteiger partial charge in [-0.15, -0.1) is 0 Å². The number of methoxy groups -OCH3 is 1. The first-order valence-corrected chi connectivity index (χ1v) is 7.90. The minimum atomic E-state index is 0.502. The van der Waals surface area contributed by atoms with Crippen LogP contribution >= 0.6 is 27.5 Å². The number of benzene rings is 1. The first kappa shape index (κ1) is 13.5. The second-order valence-corrected chi connectivity index (χ2v) is 6.54. The number of hydrogen-bond acceptors (Lipinski definition) is 3. The van der Waals surface area contributed by atoms with Crippen molar-refractivity contribution < 1.29 is 4.74 Å². The molecule has 0 radical (unpaired) electrons. The Morgan fingerprint density at radius 1 is 1.37 bits per heavy atom. The lowest BCUT2D eigenvalue weighted by molar-refractivity contribution is 0.318. The lowest BCUT2D eigenvalue weighted by Gasteiger charge is -2.23. The van der Waals surface area contributed by atoms with Crippen molar-refractivity contribution in [3.8, 4) is 5.75 Å². The van der Waals surface area contributed by atoms with Crippen LogP contribution in [0.1, 0.15) is 19.3 Å². The standard InChI is InChI=1S/C14H18BrClN2O/c1-19-14-10(15)7-9(16)8-12(14)17-11-4-6-18-5-2-3-13(11)18/h7-8,11,13,17H,2-6H2,1H3. The molecule has 0 aromatic heterocycles. The summed E-state index contributed by atoms with van der Waals surface area (Å²) in [6.07, 6.45) is 3.80. The molecule has 104 valence electrons. The van der Waals surface area contributed by atoms with Crippen molar-refractivity contribution in [2.75, 3.05) is 25.5 Å². The minimum Gasteiger partial charge on any atom is -0.493 e. The molecule has 2 aliphatic heterocycles. The van der Waals surface area contributed by atoms with E-state index in [1.807, 2.05) is 12.1 Å². The summed E-state index contributed by atoms with van der Waals surface area (Å²) in [5.74, 6) is 0.834. The van der Waals surface area contributed by atoms with Crippen LogP contribution in [-0.2, 0) is 0 Å². The van der Waals surface area contributed by atoms with E-state index in [4.69, 9.17) is 16.3 Å². The lowest BCUT2D eigenvalue weighted by atomic mass is 10.1. The summed E-state index contributed by atoms with van der Waals surface area (Å²) in [5, 5.41) is 4.35. The molecule has 2 atom stereocenters. The average Bonchev–Trinajstić information content (AvgIpc) is 2.93. The molecule has 0 aliphatic carbocycles. The third-order valence-electron chi connectivity index (χ3n) is 4.16. The summed E-state index contributed by atoms with van der Waals surface area (Å²) < 4.78 is 6.37. The highest BCUT2D eigenvalue weighted by Crippen LogP contribution is 2.38. The quantitative estimate of drug-likeness (QED) is 0.903. The lowest BCUT2D eigenvalue weighted by Crippen LogP contribution is -2.33. The first-order chi connectivity index (χ1) is 9.19. The predicted octanol–water partition coefficient (Wildman–Crippen LogP) is 3.76. The molecular formula is C14H18BrClN2O. The first-order valence-electron chi connectivity index (χ1n) is 6.72. The van der Waals surface area contributed by atoms with E-state index in [1.54, 1.807) is 7.11 Å². The largest absolute Gasteiger partial charge is 0.493 e. The Balaban J connectivity index is 1.83. The third kappa shape index (κ3) is 2.58. The number of halogens is 2. The molecule has 5 heteroatoms. The number of nitrogens with one attached hydrogen (secondary N) is 1. The van der Waals surface area contributed by atoms with Gasteiger partial charge >= 0.3 is 0 Å². The van der Waals surface area contributed by atoms with Crippen molar-refractivity contribution >= 4 is 33.2 Å². The van der Waals surface area contributed by atoms with Gasteiger partial charge in [0, 0.05) is 23.7 Å². The van der Waals surface area contributed by atoms with Crippen LogP contribution < -0.4 is 10.1 Å². The number of fused-ring (bicyclic) bond motifs is 1. The number of nitrogens with zero attached hydrogens (tertiary/aromatic N) is 1. The van der Waals surface area contributed by atoms with Gasteiger partial charge in [-0.25, -0.2) is 0 Å². The second-order valence-electron chi connectivity index (χ2n) is 5.25. The normalized spacial score (nSPS) is 26.5. The van der Waals surface area contributed by atoms with E-state index in [2.05, 4.69) is 26.1 Å². The van der Waals surface area contributed by atoms with Gasteiger partial charge in [-0.2, -0.15) is 0 Å². The Labute approximate surface area is 127 Å². The smallest absolute Gasteiger partial charge is 0.156 e. The molecule has 1 N–H and O–H groups in total. The Bertz CT molecular complexity index is 483. The maximum absolute atomic E-state index is 6.14. The van der Waals surface area contributed by atoms with E-state index in [-0.39, 0.29) is 0 Å². The SMILES string of the molecule is COc1c(Br)cc(Cl)cc1NC1CCN2CCCC12. The Hall–Kier alpha value is -0.450. The molecule has 2 fully saturated rings. The van der Waals surface area contributed by atoms with Gasteiger partial charge in [0.2, 0.25) is 0 Å². The Morgan fingerprint density at radius 2 is 2.21 bits per heavy atom. The van der Waals surface area contributed by atoms with Gasteiger partial charge in [-0.3, -0.25) is 4.90 Å².